The van der Waals surface area contributed by atoms with Gasteiger partial charge in [-0.25, -0.2) is 4.99 Å². The second-order valence-electron chi connectivity index (χ2n) is 7.78. The first-order chi connectivity index (χ1) is 15.7. The predicted molar refractivity (Wildman–Crippen MR) is 127 cm³/mol. The Balaban J connectivity index is 1.53. The van der Waals surface area contributed by atoms with Crippen LogP contribution in [0.15, 0.2) is 70.7 Å². The molecular formula is C25H22N4O2S. The normalized spacial score (nSPS) is 21.2. The molecule has 0 N–H and O–H groups in total. The SMILES string of the molecule is N#CCn1cc(/C=C2\SC(=Nc3ccccc3)N(C[C@H]3CCCO3)C2=O)c2ccccc21. The summed E-state index contributed by atoms with van der Waals surface area (Å²) >= 11 is 1.39. The fourth-order valence-electron chi connectivity index (χ4n) is 4.10. The molecule has 1 atom stereocenters. The van der Waals surface area contributed by atoms with Gasteiger partial charge in [0.1, 0.15) is 6.54 Å². The predicted octanol–water partition coefficient (Wildman–Crippen LogP) is 4.95. The number of para-hydroxylation sites is 2. The Morgan fingerprint density at radius 3 is 2.78 bits per heavy atom. The van der Waals surface area contributed by atoms with Crippen molar-refractivity contribution in [1.82, 2.24) is 9.47 Å². The molecule has 1 aromatic heterocycles. The van der Waals surface area contributed by atoms with E-state index in [4.69, 9.17) is 9.73 Å². The number of hydrogen-bond acceptors (Lipinski definition) is 5. The summed E-state index contributed by atoms with van der Waals surface area (Å²) in [6, 6.07) is 19.8. The molecule has 2 aliphatic heterocycles. The maximum absolute atomic E-state index is 13.4. The Hall–Kier alpha value is -3.34. The topological polar surface area (TPSA) is 70.6 Å². The van der Waals surface area contributed by atoms with Crippen LogP contribution in [0, 0.1) is 11.3 Å². The molecule has 7 heteroatoms. The summed E-state index contributed by atoms with van der Waals surface area (Å²) in [6.45, 7) is 1.51. The third kappa shape index (κ3) is 4.07. The second-order valence-corrected chi connectivity index (χ2v) is 8.79. The second kappa shape index (κ2) is 9.03. The number of aromatic nitrogens is 1. The van der Waals surface area contributed by atoms with Gasteiger partial charge < -0.3 is 9.30 Å². The van der Waals surface area contributed by atoms with Crippen molar-refractivity contribution in [2.75, 3.05) is 13.2 Å². The number of ether oxygens (including phenoxy) is 1. The summed E-state index contributed by atoms with van der Waals surface area (Å²) < 4.78 is 7.70. The molecule has 6 nitrogen and oxygen atoms in total. The number of nitriles is 1. The fraction of sp³-hybridized carbons (Fsp3) is 0.240. The first-order valence-corrected chi connectivity index (χ1v) is 11.5. The number of hydrogen-bond donors (Lipinski definition) is 0. The molecule has 5 rings (SSSR count). The van der Waals surface area contributed by atoms with E-state index in [1.54, 1.807) is 4.90 Å². The lowest BCUT2D eigenvalue weighted by molar-refractivity contribution is -0.123. The Morgan fingerprint density at radius 1 is 1.19 bits per heavy atom. The molecule has 0 saturated carbocycles. The molecule has 2 aromatic carbocycles. The molecule has 2 fully saturated rings. The number of nitrogens with zero attached hydrogens (tertiary/aromatic N) is 4. The quantitative estimate of drug-likeness (QED) is 0.524. The van der Waals surface area contributed by atoms with E-state index in [1.165, 1.54) is 11.8 Å². The third-order valence-corrected chi connectivity index (χ3v) is 6.63. The number of rotatable bonds is 5. The zero-order chi connectivity index (χ0) is 21.9. The van der Waals surface area contributed by atoms with E-state index < -0.39 is 0 Å². The van der Waals surface area contributed by atoms with E-state index >= 15 is 0 Å². The van der Waals surface area contributed by atoms with Crippen LogP contribution in [0.25, 0.3) is 17.0 Å². The van der Waals surface area contributed by atoms with Crippen molar-refractivity contribution < 1.29 is 9.53 Å². The summed E-state index contributed by atoms with van der Waals surface area (Å²) in [6.07, 6.45) is 5.86. The van der Waals surface area contributed by atoms with E-state index in [1.807, 2.05) is 71.4 Å². The smallest absolute Gasteiger partial charge is 0.266 e. The molecule has 32 heavy (non-hydrogen) atoms. The van der Waals surface area contributed by atoms with Gasteiger partial charge in [0, 0.05) is 29.3 Å². The van der Waals surface area contributed by atoms with Gasteiger partial charge in [-0.1, -0.05) is 36.4 Å². The highest BCUT2D eigenvalue weighted by molar-refractivity contribution is 8.18. The van der Waals surface area contributed by atoms with E-state index in [0.717, 1.165) is 41.6 Å². The molecule has 0 bridgehead atoms. The van der Waals surface area contributed by atoms with Gasteiger partial charge in [0.05, 0.1) is 29.3 Å². The van der Waals surface area contributed by atoms with Crippen LogP contribution < -0.4 is 0 Å². The summed E-state index contributed by atoms with van der Waals surface area (Å²) in [5.41, 5.74) is 2.71. The number of carbonyl (C=O) groups excluding carboxylic acids is 1. The van der Waals surface area contributed by atoms with Gasteiger partial charge in [-0.2, -0.15) is 5.26 Å². The molecule has 0 aliphatic carbocycles. The van der Waals surface area contributed by atoms with Gasteiger partial charge in [0.25, 0.3) is 5.91 Å². The maximum Gasteiger partial charge on any atom is 0.266 e. The zero-order valence-electron chi connectivity index (χ0n) is 17.5. The lowest BCUT2D eigenvalue weighted by Crippen LogP contribution is -2.36. The zero-order valence-corrected chi connectivity index (χ0v) is 18.3. The van der Waals surface area contributed by atoms with Gasteiger partial charge in [-0.05, 0) is 48.9 Å². The van der Waals surface area contributed by atoms with Crippen LogP contribution in [0.3, 0.4) is 0 Å². The van der Waals surface area contributed by atoms with Gasteiger partial charge in [-0.15, -0.1) is 0 Å². The lowest BCUT2D eigenvalue weighted by Gasteiger charge is -2.19. The van der Waals surface area contributed by atoms with Crippen LogP contribution in [-0.4, -0.2) is 39.8 Å². The Morgan fingerprint density at radius 2 is 2.00 bits per heavy atom. The molecular weight excluding hydrogens is 420 g/mol. The average molecular weight is 443 g/mol. The van der Waals surface area contributed by atoms with E-state index in [2.05, 4.69) is 6.07 Å². The Labute approximate surface area is 190 Å². The van der Waals surface area contributed by atoms with Crippen LogP contribution in [-0.2, 0) is 16.1 Å². The highest BCUT2D eigenvalue weighted by Gasteiger charge is 2.36. The first-order valence-electron chi connectivity index (χ1n) is 10.6. The number of thioether (sulfide) groups is 1. The molecule has 0 radical (unpaired) electrons. The van der Waals surface area contributed by atoms with Crippen LogP contribution in [0.1, 0.15) is 18.4 Å². The summed E-state index contributed by atoms with van der Waals surface area (Å²) in [5.74, 6) is -0.0581. The van der Waals surface area contributed by atoms with Crippen molar-refractivity contribution in [3.63, 3.8) is 0 Å². The van der Waals surface area contributed by atoms with Crippen LogP contribution in [0.4, 0.5) is 5.69 Å². The van der Waals surface area contributed by atoms with Gasteiger partial charge >= 0.3 is 0 Å². The van der Waals surface area contributed by atoms with Crippen LogP contribution >= 0.6 is 11.8 Å². The van der Waals surface area contributed by atoms with E-state index in [-0.39, 0.29) is 18.6 Å². The van der Waals surface area contributed by atoms with E-state index in [9.17, 15) is 10.1 Å². The average Bonchev–Trinajstić information content (AvgIpc) is 3.52. The van der Waals surface area contributed by atoms with Gasteiger partial charge in [-0.3, -0.25) is 9.69 Å². The summed E-state index contributed by atoms with van der Waals surface area (Å²) in [5, 5.41) is 10.9. The molecule has 160 valence electrons. The van der Waals surface area contributed by atoms with E-state index in [0.29, 0.717) is 16.6 Å². The van der Waals surface area contributed by atoms with Crippen molar-refractivity contribution in [1.29, 1.82) is 5.26 Å². The lowest BCUT2D eigenvalue weighted by atomic mass is 10.1. The molecule has 2 saturated heterocycles. The number of aliphatic imine (C=N–C) groups is 1. The van der Waals surface area contributed by atoms with Crippen molar-refractivity contribution in [2.24, 2.45) is 4.99 Å². The van der Waals surface area contributed by atoms with Gasteiger partial charge in [0.15, 0.2) is 5.17 Å². The molecule has 0 spiro atoms. The van der Waals surface area contributed by atoms with Gasteiger partial charge in [0.2, 0.25) is 0 Å². The summed E-state index contributed by atoms with van der Waals surface area (Å²) in [4.78, 5) is 20.5. The standard InChI is InChI=1S/C25H22N4O2S/c26-12-13-28-16-18(21-10-4-5-11-22(21)28)15-23-24(30)29(17-20-9-6-14-31-20)25(32-23)27-19-7-2-1-3-8-19/h1-5,7-8,10-11,15-16,20H,6,9,13-14,17H2/b23-15-,27-25?/t20-/m1/s1. The minimum Gasteiger partial charge on any atom is -0.376 e. The summed E-state index contributed by atoms with van der Waals surface area (Å²) in [7, 11) is 0. The van der Waals surface area contributed by atoms with Crippen molar-refractivity contribution in [3.05, 3.63) is 71.3 Å². The number of amides is 1. The number of carbonyl (C=O) groups is 1. The largest absolute Gasteiger partial charge is 0.376 e. The minimum atomic E-state index is -0.0581. The van der Waals surface area contributed by atoms with Crippen molar-refractivity contribution in [2.45, 2.75) is 25.5 Å². The molecule has 2 aliphatic rings. The molecule has 1 amide bonds. The number of fused-ring (bicyclic) bond motifs is 1. The number of benzene rings is 2. The van der Waals surface area contributed by atoms with Crippen molar-refractivity contribution >= 4 is 45.5 Å². The number of amidine groups is 1. The first kappa shape index (κ1) is 20.6. The van der Waals surface area contributed by atoms with Crippen molar-refractivity contribution in [3.8, 4) is 6.07 Å². The van der Waals surface area contributed by atoms with Crippen LogP contribution in [0.5, 0.6) is 0 Å². The molecule has 3 heterocycles. The third-order valence-electron chi connectivity index (χ3n) is 5.63. The minimum absolute atomic E-state index is 0.0393. The highest BCUT2D eigenvalue weighted by atomic mass is 32.2. The van der Waals surface area contributed by atoms with Crippen LogP contribution in [0.2, 0.25) is 0 Å². The highest BCUT2D eigenvalue weighted by Crippen LogP contribution is 2.36. The Bertz CT molecular complexity index is 1250. The Kier molecular flexibility index (Phi) is 5.80. The fourth-order valence-corrected chi connectivity index (χ4v) is 5.09. The molecule has 3 aromatic rings. The maximum atomic E-state index is 13.4. The molecule has 0 unspecified atom stereocenters. The monoisotopic (exact) mass is 442 g/mol.